The van der Waals surface area contributed by atoms with Gasteiger partial charge in [0.2, 0.25) is 0 Å². The third-order valence-corrected chi connectivity index (χ3v) is 3.77. The second-order valence-corrected chi connectivity index (χ2v) is 6.17. The lowest BCUT2D eigenvalue weighted by atomic mass is 10.3. The van der Waals surface area contributed by atoms with E-state index in [2.05, 4.69) is 64.0 Å². The van der Waals surface area contributed by atoms with Crippen LogP contribution in [0.3, 0.4) is 0 Å². The molecule has 0 amide bonds. The number of guanidine groups is 1. The van der Waals surface area contributed by atoms with E-state index < -0.39 is 0 Å². The van der Waals surface area contributed by atoms with Gasteiger partial charge < -0.3 is 19.5 Å². The zero-order chi connectivity index (χ0) is 16.4. The van der Waals surface area contributed by atoms with Gasteiger partial charge in [-0.05, 0) is 48.7 Å². The van der Waals surface area contributed by atoms with Crippen molar-refractivity contribution >= 4 is 45.9 Å². The molecule has 0 aromatic carbocycles. The Morgan fingerprint density at radius 2 is 2.13 bits per heavy atom. The van der Waals surface area contributed by atoms with E-state index >= 15 is 0 Å². The van der Waals surface area contributed by atoms with Crippen molar-refractivity contribution in [2.75, 3.05) is 33.4 Å². The Morgan fingerprint density at radius 1 is 1.39 bits per heavy atom. The Hall–Kier alpha value is -0.280. The summed E-state index contributed by atoms with van der Waals surface area (Å²) in [6.45, 7) is 8.27. The highest BCUT2D eigenvalue weighted by Crippen LogP contribution is 2.14. The van der Waals surface area contributed by atoms with Gasteiger partial charge >= 0.3 is 0 Å². The van der Waals surface area contributed by atoms with E-state index in [1.54, 1.807) is 0 Å². The average Bonchev–Trinajstić information content (AvgIpc) is 2.79. The molecule has 0 aliphatic rings. The third-order valence-electron chi connectivity index (χ3n) is 3.33. The summed E-state index contributed by atoms with van der Waals surface area (Å²) < 4.78 is 8.59. The number of halogens is 2. The zero-order valence-electron chi connectivity index (χ0n) is 14.6. The van der Waals surface area contributed by atoms with Crippen LogP contribution in [0.25, 0.3) is 0 Å². The number of nitrogens with one attached hydrogen (secondary N) is 1. The second-order valence-electron chi connectivity index (χ2n) is 5.26. The first kappa shape index (κ1) is 22.7. The molecule has 134 valence electrons. The van der Waals surface area contributed by atoms with Crippen LogP contribution in [0.1, 0.15) is 32.4 Å². The lowest BCUT2D eigenvalue weighted by Gasteiger charge is -2.22. The normalized spacial score (nSPS) is 11.3. The number of aromatic nitrogens is 1. The number of hydrogen-bond donors (Lipinski definition) is 1. The van der Waals surface area contributed by atoms with E-state index in [-0.39, 0.29) is 24.0 Å². The Morgan fingerprint density at radius 3 is 2.70 bits per heavy atom. The summed E-state index contributed by atoms with van der Waals surface area (Å²) in [6.07, 6.45) is 4.19. The molecule has 0 spiro atoms. The summed E-state index contributed by atoms with van der Waals surface area (Å²) in [6, 6.07) is 2.14. The molecule has 0 bridgehead atoms. The maximum atomic E-state index is 5.35. The molecule has 0 unspecified atom stereocenters. The van der Waals surface area contributed by atoms with Crippen LogP contribution in [-0.4, -0.2) is 48.8 Å². The molecule has 0 fully saturated rings. The maximum absolute atomic E-state index is 5.35. The van der Waals surface area contributed by atoms with Crippen LogP contribution in [-0.2, 0) is 18.3 Å². The molecule has 1 aromatic rings. The van der Waals surface area contributed by atoms with Gasteiger partial charge in [-0.1, -0.05) is 0 Å². The highest BCUT2D eigenvalue weighted by molar-refractivity contribution is 14.0. The number of rotatable bonds is 9. The van der Waals surface area contributed by atoms with Crippen molar-refractivity contribution in [3.05, 3.63) is 22.4 Å². The Kier molecular flexibility index (Phi) is 12.9. The van der Waals surface area contributed by atoms with E-state index in [9.17, 15) is 0 Å². The fraction of sp³-hybridized carbons (Fsp3) is 0.688. The molecule has 0 aliphatic heterocycles. The Labute approximate surface area is 166 Å². The SMILES string of the molecule is CCNC(=NCCCCOCC)N(C)Cc1cc(Br)cn1C.I. The van der Waals surface area contributed by atoms with Crippen LogP contribution >= 0.6 is 39.9 Å². The second kappa shape index (κ2) is 13.1. The van der Waals surface area contributed by atoms with E-state index in [1.165, 1.54) is 5.69 Å². The van der Waals surface area contributed by atoms with Gasteiger partial charge in [0, 0.05) is 56.8 Å². The zero-order valence-corrected chi connectivity index (χ0v) is 18.6. The number of ether oxygens (including phenoxy) is 1. The van der Waals surface area contributed by atoms with Crippen molar-refractivity contribution in [3.63, 3.8) is 0 Å². The van der Waals surface area contributed by atoms with Crippen molar-refractivity contribution in [3.8, 4) is 0 Å². The lowest BCUT2D eigenvalue weighted by molar-refractivity contribution is 0.144. The number of unbranched alkanes of at least 4 members (excludes halogenated alkanes) is 1. The molecule has 0 atom stereocenters. The molecule has 1 heterocycles. The van der Waals surface area contributed by atoms with Crippen LogP contribution in [0.5, 0.6) is 0 Å². The number of aliphatic imine (C=N–C) groups is 1. The molecule has 5 nitrogen and oxygen atoms in total. The molecule has 1 rings (SSSR count). The molecule has 0 radical (unpaired) electrons. The monoisotopic (exact) mass is 500 g/mol. The summed E-state index contributed by atoms with van der Waals surface area (Å²) in [5.74, 6) is 0.955. The van der Waals surface area contributed by atoms with Crippen LogP contribution in [0.15, 0.2) is 21.7 Å². The summed E-state index contributed by atoms with van der Waals surface area (Å²) in [7, 11) is 4.13. The van der Waals surface area contributed by atoms with Gasteiger partial charge in [0.25, 0.3) is 0 Å². The lowest BCUT2D eigenvalue weighted by Crippen LogP contribution is -2.38. The molecule has 7 heteroatoms. The molecule has 0 aliphatic carbocycles. The molecular weight excluding hydrogens is 471 g/mol. The van der Waals surface area contributed by atoms with Gasteiger partial charge in [-0.15, -0.1) is 24.0 Å². The number of nitrogens with zero attached hydrogens (tertiary/aromatic N) is 3. The molecule has 0 saturated heterocycles. The Bertz CT molecular complexity index is 465. The quantitative estimate of drug-likeness (QED) is 0.244. The summed E-state index contributed by atoms with van der Waals surface area (Å²) in [5, 5.41) is 3.35. The average molecular weight is 501 g/mol. The molecule has 23 heavy (non-hydrogen) atoms. The van der Waals surface area contributed by atoms with E-state index in [4.69, 9.17) is 9.73 Å². The largest absolute Gasteiger partial charge is 0.382 e. The number of aryl methyl sites for hydroxylation is 1. The minimum Gasteiger partial charge on any atom is -0.382 e. The van der Waals surface area contributed by atoms with Crippen LogP contribution in [0.2, 0.25) is 0 Å². The van der Waals surface area contributed by atoms with E-state index in [0.29, 0.717) is 0 Å². The van der Waals surface area contributed by atoms with Gasteiger partial charge in [0.15, 0.2) is 5.96 Å². The topological polar surface area (TPSA) is 41.8 Å². The molecule has 1 N–H and O–H groups in total. The van der Waals surface area contributed by atoms with Crippen LogP contribution in [0, 0.1) is 0 Å². The van der Waals surface area contributed by atoms with Gasteiger partial charge in [-0.2, -0.15) is 0 Å². The predicted molar refractivity (Wildman–Crippen MR) is 112 cm³/mol. The predicted octanol–water partition coefficient (Wildman–Crippen LogP) is 3.62. The first-order valence-corrected chi connectivity index (χ1v) is 8.75. The third kappa shape index (κ3) is 8.95. The van der Waals surface area contributed by atoms with Gasteiger partial charge in [-0.25, -0.2) is 0 Å². The van der Waals surface area contributed by atoms with Crippen molar-refractivity contribution in [1.82, 2.24) is 14.8 Å². The van der Waals surface area contributed by atoms with Crippen LogP contribution in [0.4, 0.5) is 0 Å². The maximum Gasteiger partial charge on any atom is 0.194 e. The van der Waals surface area contributed by atoms with Gasteiger partial charge in [-0.3, -0.25) is 4.99 Å². The number of hydrogen-bond acceptors (Lipinski definition) is 2. The van der Waals surface area contributed by atoms with E-state index in [1.807, 2.05) is 6.92 Å². The summed E-state index contributed by atoms with van der Waals surface area (Å²) in [5.41, 5.74) is 1.25. The highest BCUT2D eigenvalue weighted by atomic mass is 127. The van der Waals surface area contributed by atoms with Gasteiger partial charge in [0.1, 0.15) is 0 Å². The first-order chi connectivity index (χ1) is 10.6. The summed E-state index contributed by atoms with van der Waals surface area (Å²) in [4.78, 5) is 6.86. The summed E-state index contributed by atoms with van der Waals surface area (Å²) >= 11 is 3.52. The fourth-order valence-electron chi connectivity index (χ4n) is 2.16. The fourth-order valence-corrected chi connectivity index (χ4v) is 2.73. The van der Waals surface area contributed by atoms with Crippen molar-refractivity contribution in [2.24, 2.45) is 12.0 Å². The minimum atomic E-state index is 0. The Balaban J connectivity index is 0.00000484. The van der Waals surface area contributed by atoms with Crippen molar-refractivity contribution in [2.45, 2.75) is 33.2 Å². The minimum absolute atomic E-state index is 0. The molecular formula is C16H30BrIN4O. The molecule has 1 aromatic heterocycles. The van der Waals surface area contributed by atoms with E-state index in [0.717, 1.165) is 56.1 Å². The standard InChI is InChI=1S/C16H29BrN4O.HI/c1-5-18-16(19-9-7-8-10-22-6-2)21(4)13-15-11-14(17)12-20(15)3;/h11-12H,5-10,13H2,1-4H3,(H,18,19);1H. The van der Waals surface area contributed by atoms with Crippen molar-refractivity contribution in [1.29, 1.82) is 0 Å². The first-order valence-electron chi connectivity index (χ1n) is 7.96. The van der Waals surface area contributed by atoms with Crippen molar-refractivity contribution < 1.29 is 4.74 Å². The highest BCUT2D eigenvalue weighted by Gasteiger charge is 2.09. The smallest absolute Gasteiger partial charge is 0.194 e. The van der Waals surface area contributed by atoms with Crippen LogP contribution < -0.4 is 5.32 Å². The molecule has 0 saturated carbocycles. The van der Waals surface area contributed by atoms with Gasteiger partial charge in [0.05, 0.1) is 6.54 Å².